The molecule has 5 nitrogen and oxygen atoms in total. The predicted octanol–water partition coefficient (Wildman–Crippen LogP) is 11.7. The average molecular weight is 670 g/mol. The van der Waals surface area contributed by atoms with Crippen LogP contribution in [0, 0.1) is 6.92 Å². The molecule has 0 aliphatic rings. The minimum Gasteiger partial charge on any atom is -0.264 e. The van der Waals surface area contributed by atoms with Gasteiger partial charge in [-0.15, -0.1) is 0 Å². The van der Waals surface area contributed by atoms with Crippen LogP contribution in [0.5, 0.6) is 0 Å². The van der Waals surface area contributed by atoms with Gasteiger partial charge in [-0.3, -0.25) is 24.9 Å². The Morgan fingerprint density at radius 3 is 1.25 bits per heavy atom. The molecule has 5 heteroatoms. The van der Waals surface area contributed by atoms with Crippen LogP contribution >= 0.6 is 0 Å². The molecule has 4 aromatic heterocycles. The molecule has 0 aliphatic carbocycles. The second-order valence-corrected chi connectivity index (χ2v) is 12.8. The number of nitrogens with zero attached hydrogens (tertiary/aromatic N) is 5. The highest BCUT2D eigenvalue weighted by atomic mass is 14.7. The Hall–Kier alpha value is -6.85. The number of benzene rings is 4. The van der Waals surface area contributed by atoms with Gasteiger partial charge in [-0.25, -0.2) is 0 Å². The monoisotopic (exact) mass is 669 g/mol. The van der Waals surface area contributed by atoms with Crippen molar-refractivity contribution in [2.24, 2.45) is 4.99 Å². The third-order valence-electron chi connectivity index (χ3n) is 9.30. The molecule has 0 fully saturated rings. The fourth-order valence-electron chi connectivity index (χ4n) is 6.58. The summed E-state index contributed by atoms with van der Waals surface area (Å²) < 4.78 is 0. The highest BCUT2D eigenvalue weighted by molar-refractivity contribution is 6.07. The molecule has 4 aromatic carbocycles. The number of hydrogen-bond acceptors (Lipinski definition) is 5. The second-order valence-electron chi connectivity index (χ2n) is 12.8. The van der Waals surface area contributed by atoms with Crippen molar-refractivity contribution >= 4 is 11.4 Å². The van der Waals surface area contributed by atoms with E-state index in [0.717, 1.165) is 89.3 Å². The largest absolute Gasteiger partial charge is 0.264 e. The molecule has 0 aliphatic heterocycles. The van der Waals surface area contributed by atoms with E-state index in [-0.39, 0.29) is 0 Å². The number of pyridine rings is 4. The SMILES string of the molecule is C/C(=N\c1ccccc1C)c1cc(-c2cc(-c3cccnc3)cc(-c3cccnc3)c2)ccc1-c1cc(-c2cccnc2)cc(-c2cccnc2)c1. The molecule has 8 aromatic rings. The topological polar surface area (TPSA) is 63.9 Å². The van der Waals surface area contributed by atoms with Gasteiger partial charge in [0.2, 0.25) is 0 Å². The Balaban J connectivity index is 1.35. The zero-order valence-electron chi connectivity index (χ0n) is 29.0. The van der Waals surface area contributed by atoms with Crippen molar-refractivity contribution in [2.45, 2.75) is 13.8 Å². The van der Waals surface area contributed by atoms with Crippen molar-refractivity contribution in [3.8, 4) is 66.8 Å². The number of rotatable bonds is 8. The van der Waals surface area contributed by atoms with Crippen molar-refractivity contribution in [3.05, 3.63) is 188 Å². The fraction of sp³-hybridized carbons (Fsp3) is 0.0426. The number of hydrogen-bond donors (Lipinski definition) is 0. The van der Waals surface area contributed by atoms with Gasteiger partial charge in [0.05, 0.1) is 5.69 Å². The first-order valence-corrected chi connectivity index (χ1v) is 17.3. The van der Waals surface area contributed by atoms with E-state index in [1.165, 1.54) is 0 Å². The van der Waals surface area contributed by atoms with Gasteiger partial charge in [0.25, 0.3) is 0 Å². The van der Waals surface area contributed by atoms with Crippen LogP contribution in [0.1, 0.15) is 18.1 Å². The lowest BCUT2D eigenvalue weighted by atomic mass is 9.88. The van der Waals surface area contributed by atoms with Gasteiger partial charge in [0.1, 0.15) is 0 Å². The van der Waals surface area contributed by atoms with E-state index in [1.54, 1.807) is 24.8 Å². The first-order valence-electron chi connectivity index (χ1n) is 17.3. The molecule has 0 amide bonds. The second kappa shape index (κ2) is 14.6. The van der Waals surface area contributed by atoms with Gasteiger partial charge in [-0.05, 0) is 137 Å². The molecule has 52 heavy (non-hydrogen) atoms. The van der Waals surface area contributed by atoms with E-state index < -0.39 is 0 Å². The molecular weight excluding hydrogens is 635 g/mol. The minimum atomic E-state index is 0.928. The summed E-state index contributed by atoms with van der Waals surface area (Å²) in [5.74, 6) is 0. The molecule has 0 N–H and O–H groups in total. The molecule has 248 valence electrons. The summed E-state index contributed by atoms with van der Waals surface area (Å²) in [6.45, 7) is 4.21. The van der Waals surface area contributed by atoms with E-state index in [1.807, 2.05) is 55.1 Å². The molecule has 0 saturated heterocycles. The van der Waals surface area contributed by atoms with Gasteiger partial charge < -0.3 is 0 Å². The molecule has 4 heterocycles. The zero-order valence-corrected chi connectivity index (χ0v) is 29.0. The summed E-state index contributed by atoms with van der Waals surface area (Å²) in [6.07, 6.45) is 14.9. The lowest BCUT2D eigenvalue weighted by Crippen LogP contribution is -2.00. The van der Waals surface area contributed by atoms with Crippen molar-refractivity contribution in [2.75, 3.05) is 0 Å². The lowest BCUT2D eigenvalue weighted by molar-refractivity contribution is 1.32. The molecule has 0 radical (unpaired) electrons. The van der Waals surface area contributed by atoms with E-state index >= 15 is 0 Å². The van der Waals surface area contributed by atoms with Crippen LogP contribution in [0.15, 0.2) is 182 Å². The van der Waals surface area contributed by atoms with Crippen LogP contribution in [0.3, 0.4) is 0 Å². The summed E-state index contributed by atoms with van der Waals surface area (Å²) in [4.78, 5) is 22.9. The lowest BCUT2D eigenvalue weighted by Gasteiger charge is -2.17. The van der Waals surface area contributed by atoms with E-state index in [2.05, 4.69) is 131 Å². The third-order valence-corrected chi connectivity index (χ3v) is 9.30. The van der Waals surface area contributed by atoms with Crippen LogP contribution < -0.4 is 0 Å². The third kappa shape index (κ3) is 6.93. The maximum Gasteiger partial charge on any atom is 0.0662 e. The van der Waals surface area contributed by atoms with Crippen LogP contribution in [0.2, 0.25) is 0 Å². The zero-order chi connectivity index (χ0) is 35.3. The summed E-state index contributed by atoms with van der Waals surface area (Å²) >= 11 is 0. The molecule has 0 spiro atoms. The Labute approximate surface area is 304 Å². The number of para-hydroxylation sites is 1. The highest BCUT2D eigenvalue weighted by Crippen LogP contribution is 2.38. The van der Waals surface area contributed by atoms with Gasteiger partial charge in [-0.1, -0.05) is 54.6 Å². The summed E-state index contributed by atoms with van der Waals surface area (Å²) in [7, 11) is 0. The Kier molecular flexibility index (Phi) is 9.06. The molecule has 0 saturated carbocycles. The van der Waals surface area contributed by atoms with Gasteiger partial charge in [0, 0.05) is 83.1 Å². The van der Waals surface area contributed by atoms with E-state index in [4.69, 9.17) is 4.99 Å². The quantitative estimate of drug-likeness (QED) is 0.151. The maximum absolute atomic E-state index is 5.22. The first-order chi connectivity index (χ1) is 25.6. The van der Waals surface area contributed by atoms with Crippen molar-refractivity contribution in [1.29, 1.82) is 0 Å². The van der Waals surface area contributed by atoms with Gasteiger partial charge in [-0.2, -0.15) is 0 Å². The standard InChI is InChI=1S/C47H35N5/c1-32-9-3-4-14-47(32)52-33(2)46-27-34(39-21-40(35-10-5-17-48-28-35)23-41(22-39)36-11-6-18-49-29-36)15-16-45(46)44-25-42(37-12-7-19-50-30-37)24-43(26-44)38-13-8-20-51-31-38/h3-31H,1-2H3/b52-33+. The van der Waals surface area contributed by atoms with E-state index in [0.29, 0.717) is 0 Å². The molecule has 0 unspecified atom stereocenters. The number of aromatic nitrogens is 4. The van der Waals surface area contributed by atoms with Gasteiger partial charge >= 0.3 is 0 Å². The van der Waals surface area contributed by atoms with Crippen LogP contribution in [0.4, 0.5) is 5.69 Å². The maximum atomic E-state index is 5.22. The van der Waals surface area contributed by atoms with Crippen LogP contribution in [-0.2, 0) is 0 Å². The normalized spacial score (nSPS) is 11.4. The van der Waals surface area contributed by atoms with Gasteiger partial charge in [0.15, 0.2) is 0 Å². The predicted molar refractivity (Wildman–Crippen MR) is 213 cm³/mol. The molecular formula is C47H35N5. The molecule has 0 atom stereocenters. The Morgan fingerprint density at radius 1 is 0.404 bits per heavy atom. The Morgan fingerprint density at radius 2 is 0.827 bits per heavy atom. The number of aryl methyl sites for hydroxylation is 1. The highest BCUT2D eigenvalue weighted by Gasteiger charge is 2.16. The Bertz CT molecular complexity index is 2400. The van der Waals surface area contributed by atoms with Crippen molar-refractivity contribution < 1.29 is 0 Å². The number of aliphatic imine (C=N–C) groups is 1. The smallest absolute Gasteiger partial charge is 0.0662 e. The summed E-state index contributed by atoms with van der Waals surface area (Å²) in [5.41, 5.74) is 17.0. The van der Waals surface area contributed by atoms with Crippen LogP contribution in [0.25, 0.3) is 66.8 Å². The summed E-state index contributed by atoms with van der Waals surface area (Å²) in [6, 6.07) is 44.7. The average Bonchev–Trinajstić information content (AvgIpc) is 3.22. The molecule has 8 rings (SSSR count). The fourth-order valence-corrected chi connectivity index (χ4v) is 6.58. The first kappa shape index (κ1) is 32.4. The van der Waals surface area contributed by atoms with E-state index in [9.17, 15) is 0 Å². The minimum absolute atomic E-state index is 0.928. The van der Waals surface area contributed by atoms with Crippen LogP contribution in [-0.4, -0.2) is 25.6 Å². The van der Waals surface area contributed by atoms with Crippen molar-refractivity contribution in [1.82, 2.24) is 19.9 Å². The van der Waals surface area contributed by atoms with Crippen molar-refractivity contribution in [3.63, 3.8) is 0 Å². The molecule has 0 bridgehead atoms. The summed E-state index contributed by atoms with van der Waals surface area (Å²) in [5, 5.41) is 0.